The van der Waals surface area contributed by atoms with E-state index in [9.17, 15) is 0 Å². The van der Waals surface area contributed by atoms with E-state index in [0.29, 0.717) is 30.0 Å². The molecule has 1 heterocycles. The van der Waals surface area contributed by atoms with Crippen LogP contribution in [0.5, 0.6) is 0 Å². The lowest BCUT2D eigenvalue weighted by molar-refractivity contribution is 1.01. The lowest BCUT2D eigenvalue weighted by Gasteiger charge is -1.97. The van der Waals surface area contributed by atoms with Crippen molar-refractivity contribution in [1.29, 1.82) is 0 Å². The highest BCUT2D eigenvalue weighted by atomic mass is 15.1. The van der Waals surface area contributed by atoms with E-state index in [2.05, 4.69) is 26.9 Å². The summed E-state index contributed by atoms with van der Waals surface area (Å²) in [6.07, 6.45) is 2.06. The van der Waals surface area contributed by atoms with Crippen molar-refractivity contribution in [3.05, 3.63) is 28.3 Å². The van der Waals surface area contributed by atoms with Crippen LogP contribution in [0.15, 0.2) is 17.4 Å². The first-order chi connectivity index (χ1) is 7.24. The van der Waals surface area contributed by atoms with Gasteiger partial charge in [-0.05, 0) is 11.6 Å². The van der Waals surface area contributed by atoms with Crippen LogP contribution in [0.3, 0.4) is 0 Å². The largest absolute Gasteiger partial charge is 0.396 e. The van der Waals surface area contributed by atoms with Crippen LogP contribution in [0.25, 0.3) is 10.4 Å². The maximum absolute atomic E-state index is 8.02. The van der Waals surface area contributed by atoms with Crippen molar-refractivity contribution in [2.24, 2.45) is 5.11 Å². The summed E-state index contributed by atoms with van der Waals surface area (Å²) >= 11 is 0. The van der Waals surface area contributed by atoms with Crippen LogP contribution in [0, 0.1) is 11.8 Å². The van der Waals surface area contributed by atoms with Crippen LogP contribution in [0.1, 0.15) is 12.0 Å². The van der Waals surface area contributed by atoms with Gasteiger partial charge in [-0.25, -0.2) is 4.98 Å². The molecular formula is C9H10N6. The van der Waals surface area contributed by atoms with E-state index >= 15 is 0 Å². The predicted molar refractivity (Wildman–Crippen MR) is 58.6 cm³/mol. The van der Waals surface area contributed by atoms with Crippen molar-refractivity contribution in [2.45, 2.75) is 6.42 Å². The number of nitrogens with zero attached hydrogens (tertiary/aromatic N) is 4. The number of rotatable bonds is 2. The fraction of sp³-hybridized carbons (Fsp3) is 0.222. The summed E-state index contributed by atoms with van der Waals surface area (Å²) in [5.74, 6) is 5.97. The molecule has 76 valence electrons. The summed E-state index contributed by atoms with van der Waals surface area (Å²) in [4.78, 5) is 6.48. The van der Waals surface area contributed by atoms with E-state index in [1.165, 1.54) is 0 Å². The smallest absolute Gasteiger partial charge is 0.146 e. The SMILES string of the molecule is [N-]=[N+]=NCCC#Cc1cnc(N)c(N)c1. The molecular weight excluding hydrogens is 192 g/mol. The van der Waals surface area contributed by atoms with E-state index in [4.69, 9.17) is 17.0 Å². The molecule has 0 saturated carbocycles. The topological polar surface area (TPSA) is 114 Å². The molecule has 1 rings (SSSR count). The van der Waals surface area contributed by atoms with E-state index in [1.807, 2.05) is 0 Å². The van der Waals surface area contributed by atoms with Crippen LogP contribution in [0.4, 0.5) is 11.5 Å². The Morgan fingerprint density at radius 2 is 2.33 bits per heavy atom. The molecule has 0 saturated heterocycles. The molecule has 0 spiro atoms. The first-order valence-corrected chi connectivity index (χ1v) is 4.24. The fourth-order valence-corrected chi connectivity index (χ4v) is 0.876. The molecule has 0 radical (unpaired) electrons. The molecule has 0 fully saturated rings. The molecule has 0 aliphatic carbocycles. The van der Waals surface area contributed by atoms with Crippen molar-refractivity contribution < 1.29 is 0 Å². The Morgan fingerprint density at radius 3 is 3.00 bits per heavy atom. The number of nitrogen functional groups attached to an aromatic ring is 2. The first-order valence-electron chi connectivity index (χ1n) is 4.24. The Labute approximate surface area is 86.9 Å². The van der Waals surface area contributed by atoms with Crippen LogP contribution in [-0.4, -0.2) is 11.5 Å². The Morgan fingerprint density at radius 1 is 1.53 bits per heavy atom. The molecule has 0 unspecified atom stereocenters. The third-order valence-corrected chi connectivity index (χ3v) is 1.58. The van der Waals surface area contributed by atoms with Gasteiger partial charge in [0, 0.05) is 29.6 Å². The van der Waals surface area contributed by atoms with Gasteiger partial charge in [0.2, 0.25) is 0 Å². The van der Waals surface area contributed by atoms with Gasteiger partial charge in [-0.1, -0.05) is 17.0 Å². The third kappa shape index (κ3) is 3.46. The van der Waals surface area contributed by atoms with Crippen LogP contribution >= 0.6 is 0 Å². The van der Waals surface area contributed by atoms with Crippen LogP contribution in [0.2, 0.25) is 0 Å². The number of pyridine rings is 1. The van der Waals surface area contributed by atoms with Gasteiger partial charge in [0.25, 0.3) is 0 Å². The zero-order valence-corrected chi connectivity index (χ0v) is 8.01. The van der Waals surface area contributed by atoms with Gasteiger partial charge in [-0.3, -0.25) is 0 Å². The van der Waals surface area contributed by atoms with Crippen molar-refractivity contribution >= 4 is 11.5 Å². The number of azide groups is 1. The molecule has 1 aromatic rings. The Balaban J connectivity index is 2.64. The molecule has 0 bridgehead atoms. The predicted octanol–water partition coefficient (Wildman–Crippen LogP) is 1.30. The van der Waals surface area contributed by atoms with Gasteiger partial charge >= 0.3 is 0 Å². The maximum Gasteiger partial charge on any atom is 0.146 e. The van der Waals surface area contributed by atoms with E-state index in [1.54, 1.807) is 12.3 Å². The van der Waals surface area contributed by atoms with Gasteiger partial charge in [0.15, 0.2) is 0 Å². The maximum atomic E-state index is 8.02. The van der Waals surface area contributed by atoms with E-state index in [-0.39, 0.29) is 0 Å². The van der Waals surface area contributed by atoms with Crippen LogP contribution < -0.4 is 11.5 Å². The molecule has 0 aliphatic heterocycles. The monoisotopic (exact) mass is 202 g/mol. The summed E-state index contributed by atoms with van der Waals surface area (Å²) in [5, 5.41) is 3.35. The molecule has 0 amide bonds. The Bertz CT molecular complexity index is 449. The minimum Gasteiger partial charge on any atom is -0.396 e. The zero-order chi connectivity index (χ0) is 11.1. The fourth-order valence-electron chi connectivity index (χ4n) is 0.876. The van der Waals surface area contributed by atoms with Gasteiger partial charge in [0.05, 0.1) is 5.69 Å². The molecule has 6 heteroatoms. The molecule has 0 atom stereocenters. The number of hydrogen-bond acceptors (Lipinski definition) is 4. The lowest BCUT2D eigenvalue weighted by atomic mass is 10.2. The minimum absolute atomic E-state index is 0.301. The minimum atomic E-state index is 0.301. The van der Waals surface area contributed by atoms with E-state index in [0.717, 1.165) is 0 Å². The lowest BCUT2D eigenvalue weighted by Crippen LogP contribution is -1.97. The number of hydrogen-bond donors (Lipinski definition) is 2. The van der Waals surface area contributed by atoms with Gasteiger partial charge in [-0.15, -0.1) is 0 Å². The summed E-state index contributed by atoms with van der Waals surface area (Å²) in [5.41, 5.74) is 20.1. The Hall–Kier alpha value is -2.38. The molecule has 6 nitrogen and oxygen atoms in total. The highest BCUT2D eigenvalue weighted by Gasteiger charge is 1.94. The quantitative estimate of drug-likeness (QED) is 0.247. The normalized spacial score (nSPS) is 8.53. The van der Waals surface area contributed by atoms with Crippen molar-refractivity contribution in [1.82, 2.24) is 4.98 Å². The van der Waals surface area contributed by atoms with E-state index < -0.39 is 0 Å². The van der Waals surface area contributed by atoms with Crippen molar-refractivity contribution in [3.63, 3.8) is 0 Å². The highest BCUT2D eigenvalue weighted by molar-refractivity contribution is 5.60. The second-order valence-corrected chi connectivity index (χ2v) is 2.70. The second kappa shape index (κ2) is 5.37. The van der Waals surface area contributed by atoms with Gasteiger partial charge < -0.3 is 11.5 Å². The second-order valence-electron chi connectivity index (χ2n) is 2.70. The van der Waals surface area contributed by atoms with Crippen LogP contribution in [-0.2, 0) is 0 Å². The summed E-state index contributed by atoms with van der Waals surface area (Å²) in [6, 6.07) is 1.66. The number of nitrogens with two attached hydrogens (primary N) is 2. The molecule has 1 aromatic heterocycles. The highest BCUT2D eigenvalue weighted by Crippen LogP contribution is 2.11. The summed E-state index contributed by atoms with van der Waals surface area (Å²) in [7, 11) is 0. The number of anilines is 2. The summed E-state index contributed by atoms with van der Waals surface area (Å²) in [6.45, 7) is 0.362. The molecule has 15 heavy (non-hydrogen) atoms. The molecule has 0 aromatic carbocycles. The summed E-state index contributed by atoms with van der Waals surface area (Å²) < 4.78 is 0. The number of aromatic nitrogens is 1. The third-order valence-electron chi connectivity index (χ3n) is 1.58. The van der Waals surface area contributed by atoms with Crippen molar-refractivity contribution in [2.75, 3.05) is 18.0 Å². The van der Waals surface area contributed by atoms with Gasteiger partial charge in [0.1, 0.15) is 5.82 Å². The average Bonchev–Trinajstić information content (AvgIpc) is 2.23. The van der Waals surface area contributed by atoms with Gasteiger partial charge in [-0.2, -0.15) is 0 Å². The standard InChI is InChI=1S/C9H10N6/c10-8-5-7(6-13-9(8)11)3-1-2-4-14-15-12/h5-6H,2,4,10H2,(H2,11,13). The zero-order valence-electron chi connectivity index (χ0n) is 8.01. The Kier molecular flexibility index (Phi) is 3.83. The van der Waals surface area contributed by atoms with Crippen molar-refractivity contribution in [3.8, 4) is 11.8 Å². The first kappa shape index (κ1) is 10.7. The molecule has 4 N–H and O–H groups in total. The average molecular weight is 202 g/mol. The molecule has 0 aliphatic rings.